The first-order chi connectivity index (χ1) is 5.75. The second-order valence-corrected chi connectivity index (χ2v) is 4.57. The maximum atomic E-state index is 5.91. The van der Waals surface area contributed by atoms with E-state index in [1.54, 1.807) is 0 Å². The normalized spacial score (nSPS) is 38.5. The predicted molar refractivity (Wildman–Crippen MR) is 51.0 cm³/mol. The Bertz CT molecular complexity index is 154. The van der Waals surface area contributed by atoms with Gasteiger partial charge in [-0.2, -0.15) is 0 Å². The molecule has 0 spiro atoms. The lowest BCUT2D eigenvalue weighted by Gasteiger charge is -2.36. The van der Waals surface area contributed by atoms with Crippen molar-refractivity contribution in [1.29, 1.82) is 0 Å². The molecular formula is C10H20N2. The summed E-state index contributed by atoms with van der Waals surface area (Å²) in [5.74, 6) is 1.03. The van der Waals surface area contributed by atoms with Crippen molar-refractivity contribution in [3.05, 3.63) is 0 Å². The van der Waals surface area contributed by atoms with Crippen molar-refractivity contribution in [2.24, 2.45) is 11.7 Å². The molecule has 1 saturated carbocycles. The van der Waals surface area contributed by atoms with Gasteiger partial charge in [0, 0.05) is 18.6 Å². The fourth-order valence-corrected chi connectivity index (χ4v) is 2.16. The van der Waals surface area contributed by atoms with Crippen LogP contribution in [0.5, 0.6) is 0 Å². The highest BCUT2D eigenvalue weighted by Gasteiger charge is 2.29. The van der Waals surface area contributed by atoms with Crippen LogP contribution in [0.4, 0.5) is 0 Å². The summed E-state index contributed by atoms with van der Waals surface area (Å²) in [6, 6.07) is 1.20. The van der Waals surface area contributed by atoms with Crippen LogP contribution >= 0.6 is 0 Å². The van der Waals surface area contributed by atoms with Gasteiger partial charge in [-0.15, -0.1) is 0 Å². The molecule has 1 heterocycles. The Hall–Kier alpha value is -0.0800. The zero-order valence-electron chi connectivity index (χ0n) is 8.00. The van der Waals surface area contributed by atoms with Gasteiger partial charge >= 0.3 is 0 Å². The second kappa shape index (κ2) is 3.35. The van der Waals surface area contributed by atoms with Crippen LogP contribution in [0, 0.1) is 5.92 Å². The number of piperidine rings is 1. The predicted octanol–water partition coefficient (Wildman–Crippen LogP) is 1.21. The van der Waals surface area contributed by atoms with Crippen LogP contribution < -0.4 is 5.73 Å². The van der Waals surface area contributed by atoms with Crippen LogP contribution in [-0.4, -0.2) is 30.1 Å². The van der Waals surface area contributed by atoms with E-state index in [0.29, 0.717) is 6.04 Å². The fourth-order valence-electron chi connectivity index (χ4n) is 2.16. The Kier molecular flexibility index (Phi) is 2.37. The average Bonchev–Trinajstić information content (AvgIpc) is 2.79. The number of hydrogen-bond donors (Lipinski definition) is 1. The number of likely N-dealkylation sites (tertiary alicyclic amines) is 1. The van der Waals surface area contributed by atoms with Gasteiger partial charge in [-0.1, -0.05) is 0 Å². The highest BCUT2D eigenvalue weighted by atomic mass is 15.2. The minimum Gasteiger partial charge on any atom is -0.328 e. The molecule has 2 N–H and O–H groups in total. The molecule has 12 heavy (non-hydrogen) atoms. The van der Waals surface area contributed by atoms with E-state index < -0.39 is 0 Å². The number of nitrogens with zero attached hydrogens (tertiary/aromatic N) is 1. The van der Waals surface area contributed by atoms with Crippen LogP contribution in [0.3, 0.4) is 0 Å². The molecule has 1 aliphatic carbocycles. The molecule has 0 aromatic carbocycles. The molecule has 2 nitrogen and oxygen atoms in total. The summed E-state index contributed by atoms with van der Waals surface area (Å²) in [6.07, 6.45) is 5.34. The van der Waals surface area contributed by atoms with Crippen molar-refractivity contribution >= 4 is 0 Å². The molecule has 0 aromatic heterocycles. The molecule has 0 amide bonds. The maximum absolute atomic E-state index is 5.91. The Morgan fingerprint density at radius 3 is 2.67 bits per heavy atom. The van der Waals surface area contributed by atoms with E-state index in [1.165, 1.54) is 38.8 Å². The van der Waals surface area contributed by atoms with Gasteiger partial charge in [0.15, 0.2) is 0 Å². The van der Waals surface area contributed by atoms with Crippen molar-refractivity contribution in [3.63, 3.8) is 0 Å². The van der Waals surface area contributed by atoms with E-state index in [4.69, 9.17) is 5.73 Å². The van der Waals surface area contributed by atoms with Crippen LogP contribution in [0.2, 0.25) is 0 Å². The van der Waals surface area contributed by atoms with Gasteiger partial charge in [-0.05, 0) is 45.1 Å². The van der Waals surface area contributed by atoms with Crippen molar-refractivity contribution in [3.8, 4) is 0 Å². The number of nitrogens with two attached hydrogens (primary N) is 1. The van der Waals surface area contributed by atoms with Crippen molar-refractivity contribution < 1.29 is 0 Å². The highest BCUT2D eigenvalue weighted by Crippen LogP contribution is 2.31. The van der Waals surface area contributed by atoms with Gasteiger partial charge in [0.25, 0.3) is 0 Å². The molecular weight excluding hydrogens is 148 g/mol. The Labute approximate surface area is 75.1 Å². The van der Waals surface area contributed by atoms with Gasteiger partial charge in [-0.3, -0.25) is 0 Å². The van der Waals surface area contributed by atoms with E-state index in [-0.39, 0.29) is 0 Å². The largest absolute Gasteiger partial charge is 0.328 e. The van der Waals surface area contributed by atoms with Crippen LogP contribution in [0.1, 0.15) is 32.6 Å². The van der Waals surface area contributed by atoms with E-state index in [1.807, 2.05) is 0 Å². The van der Waals surface area contributed by atoms with Crippen LogP contribution in [0.25, 0.3) is 0 Å². The van der Waals surface area contributed by atoms with E-state index in [2.05, 4.69) is 11.8 Å². The van der Waals surface area contributed by atoms with E-state index in [9.17, 15) is 0 Å². The molecule has 1 aliphatic heterocycles. The molecule has 2 unspecified atom stereocenters. The summed E-state index contributed by atoms with van der Waals surface area (Å²) in [5.41, 5.74) is 5.91. The zero-order chi connectivity index (χ0) is 8.55. The molecule has 0 bridgehead atoms. The lowest BCUT2D eigenvalue weighted by molar-refractivity contribution is 0.142. The third-order valence-corrected chi connectivity index (χ3v) is 3.24. The van der Waals surface area contributed by atoms with Gasteiger partial charge in [-0.25, -0.2) is 0 Å². The Morgan fingerprint density at radius 1 is 1.33 bits per heavy atom. The summed E-state index contributed by atoms with van der Waals surface area (Å²) >= 11 is 0. The molecule has 70 valence electrons. The third-order valence-electron chi connectivity index (χ3n) is 3.24. The third kappa shape index (κ3) is 1.99. The molecule has 2 heteroatoms. The van der Waals surface area contributed by atoms with Crippen molar-refractivity contribution in [2.45, 2.75) is 44.7 Å². The monoisotopic (exact) mass is 168 g/mol. The Morgan fingerprint density at radius 2 is 2.08 bits per heavy atom. The summed E-state index contributed by atoms with van der Waals surface area (Å²) in [4.78, 5) is 2.63. The first kappa shape index (κ1) is 8.52. The summed E-state index contributed by atoms with van der Waals surface area (Å²) in [6.45, 7) is 4.90. The van der Waals surface area contributed by atoms with Gasteiger partial charge in [0.1, 0.15) is 0 Å². The molecule has 0 radical (unpaired) electrons. The molecule has 2 rings (SSSR count). The molecule has 2 fully saturated rings. The quantitative estimate of drug-likeness (QED) is 0.671. The summed E-state index contributed by atoms with van der Waals surface area (Å²) < 4.78 is 0. The lowest BCUT2D eigenvalue weighted by Crippen LogP contribution is -2.46. The zero-order valence-corrected chi connectivity index (χ0v) is 8.00. The lowest BCUT2D eigenvalue weighted by atomic mass is 9.99. The molecule has 1 saturated heterocycles. The Balaban J connectivity index is 1.80. The van der Waals surface area contributed by atoms with Crippen LogP contribution in [0.15, 0.2) is 0 Å². The second-order valence-electron chi connectivity index (χ2n) is 4.57. The number of hydrogen-bond acceptors (Lipinski definition) is 2. The first-order valence-electron chi connectivity index (χ1n) is 5.25. The van der Waals surface area contributed by atoms with E-state index >= 15 is 0 Å². The van der Waals surface area contributed by atoms with Gasteiger partial charge in [0.2, 0.25) is 0 Å². The first-order valence-corrected chi connectivity index (χ1v) is 5.25. The standard InChI is InChI=1S/C10H20N2/c1-8-6-10(11)4-5-12(8)7-9-2-3-9/h8-10H,2-7,11H2,1H3. The topological polar surface area (TPSA) is 29.3 Å². The summed E-state index contributed by atoms with van der Waals surface area (Å²) in [7, 11) is 0. The fraction of sp³-hybridized carbons (Fsp3) is 1.00. The highest BCUT2D eigenvalue weighted by molar-refractivity contribution is 4.85. The van der Waals surface area contributed by atoms with Gasteiger partial charge in [0.05, 0.1) is 0 Å². The minimum atomic E-state index is 0.468. The average molecular weight is 168 g/mol. The van der Waals surface area contributed by atoms with E-state index in [0.717, 1.165) is 12.0 Å². The van der Waals surface area contributed by atoms with Gasteiger partial charge < -0.3 is 10.6 Å². The molecule has 2 atom stereocenters. The number of rotatable bonds is 2. The SMILES string of the molecule is CC1CC(N)CCN1CC1CC1. The van der Waals surface area contributed by atoms with Crippen molar-refractivity contribution in [1.82, 2.24) is 4.90 Å². The molecule has 2 aliphatic rings. The van der Waals surface area contributed by atoms with Crippen LogP contribution in [-0.2, 0) is 0 Å². The van der Waals surface area contributed by atoms with Crippen molar-refractivity contribution in [2.75, 3.05) is 13.1 Å². The molecule has 0 aromatic rings. The minimum absolute atomic E-state index is 0.468. The smallest absolute Gasteiger partial charge is 0.00817 e. The summed E-state index contributed by atoms with van der Waals surface area (Å²) in [5, 5.41) is 0. The maximum Gasteiger partial charge on any atom is 0.00817 e.